The number of aromatic nitrogens is 3. The Bertz CT molecular complexity index is 500. The summed E-state index contributed by atoms with van der Waals surface area (Å²) in [5, 5.41) is 6.16. The molecule has 2 aromatic heterocycles. The molecular formula is C12H15N5O. The van der Waals surface area contributed by atoms with Gasteiger partial charge in [0.25, 0.3) is 0 Å². The molecule has 0 atom stereocenters. The van der Waals surface area contributed by atoms with Crippen LogP contribution >= 0.6 is 0 Å². The number of nitrogens with one attached hydrogen (secondary N) is 2. The number of hydrogen-bond acceptors (Lipinski definition) is 6. The van der Waals surface area contributed by atoms with Gasteiger partial charge in [0.15, 0.2) is 0 Å². The molecule has 6 nitrogen and oxygen atoms in total. The van der Waals surface area contributed by atoms with Gasteiger partial charge in [-0.1, -0.05) is 6.07 Å². The molecule has 0 fully saturated rings. The first-order chi connectivity index (χ1) is 8.81. The van der Waals surface area contributed by atoms with Gasteiger partial charge >= 0.3 is 0 Å². The molecule has 0 radical (unpaired) electrons. The number of nitrogens with zero attached hydrogens (tertiary/aromatic N) is 3. The molecule has 0 aliphatic rings. The van der Waals surface area contributed by atoms with Gasteiger partial charge in [0, 0.05) is 31.9 Å². The maximum absolute atomic E-state index is 5.00. The van der Waals surface area contributed by atoms with E-state index in [1.165, 1.54) is 6.33 Å². The van der Waals surface area contributed by atoms with Gasteiger partial charge < -0.3 is 15.4 Å². The highest BCUT2D eigenvalue weighted by atomic mass is 16.5. The second-order valence-corrected chi connectivity index (χ2v) is 3.60. The molecule has 2 aromatic rings. The average molecular weight is 245 g/mol. The molecule has 0 spiro atoms. The summed E-state index contributed by atoms with van der Waals surface area (Å²) in [6.07, 6.45) is 3.28. The lowest BCUT2D eigenvalue weighted by Crippen LogP contribution is -2.03. The van der Waals surface area contributed by atoms with Crippen LogP contribution in [0.5, 0.6) is 5.88 Å². The largest absolute Gasteiger partial charge is 0.481 e. The molecule has 0 saturated carbocycles. The summed E-state index contributed by atoms with van der Waals surface area (Å²) in [6.45, 7) is 0.650. The lowest BCUT2D eigenvalue weighted by Gasteiger charge is -2.07. The molecule has 18 heavy (non-hydrogen) atoms. The Morgan fingerprint density at radius 3 is 2.67 bits per heavy atom. The van der Waals surface area contributed by atoms with Crippen LogP contribution in [0.15, 0.2) is 30.7 Å². The first kappa shape index (κ1) is 12.1. The second-order valence-electron chi connectivity index (χ2n) is 3.60. The van der Waals surface area contributed by atoms with Crippen LogP contribution in [-0.4, -0.2) is 29.1 Å². The minimum Gasteiger partial charge on any atom is -0.481 e. The van der Waals surface area contributed by atoms with E-state index in [9.17, 15) is 0 Å². The fraction of sp³-hybridized carbons (Fsp3) is 0.250. The van der Waals surface area contributed by atoms with Crippen molar-refractivity contribution in [3.8, 4) is 5.88 Å². The number of ether oxygens (including phenoxy) is 1. The number of rotatable bonds is 5. The van der Waals surface area contributed by atoms with Crippen molar-refractivity contribution in [1.82, 2.24) is 15.0 Å². The van der Waals surface area contributed by atoms with Gasteiger partial charge in [-0.2, -0.15) is 0 Å². The third-order valence-electron chi connectivity index (χ3n) is 2.40. The number of hydrogen-bond donors (Lipinski definition) is 2. The molecule has 0 saturated heterocycles. The molecule has 0 unspecified atom stereocenters. The van der Waals surface area contributed by atoms with Crippen LogP contribution in [0.1, 0.15) is 5.56 Å². The van der Waals surface area contributed by atoms with Gasteiger partial charge in [-0.05, 0) is 5.56 Å². The standard InChI is InChI=1S/C12H15N5O/c1-13-10-5-11(17-8-16-10)14-6-9-3-4-12(18-2)15-7-9/h3-5,7-8H,6H2,1-2H3,(H2,13,14,16,17). The van der Waals surface area contributed by atoms with E-state index >= 15 is 0 Å². The van der Waals surface area contributed by atoms with Gasteiger partial charge in [0.2, 0.25) is 5.88 Å². The summed E-state index contributed by atoms with van der Waals surface area (Å²) in [6, 6.07) is 5.63. The van der Waals surface area contributed by atoms with Crippen LogP contribution in [-0.2, 0) is 6.54 Å². The maximum atomic E-state index is 5.00. The molecule has 0 bridgehead atoms. The fourth-order valence-corrected chi connectivity index (χ4v) is 1.42. The number of pyridine rings is 1. The Morgan fingerprint density at radius 1 is 1.17 bits per heavy atom. The van der Waals surface area contributed by atoms with Gasteiger partial charge in [-0.3, -0.25) is 0 Å². The van der Waals surface area contributed by atoms with Gasteiger partial charge in [0.05, 0.1) is 7.11 Å². The predicted molar refractivity (Wildman–Crippen MR) is 69.7 cm³/mol. The van der Waals surface area contributed by atoms with Crippen molar-refractivity contribution in [2.75, 3.05) is 24.8 Å². The molecule has 6 heteroatoms. The summed E-state index contributed by atoms with van der Waals surface area (Å²) in [5.74, 6) is 2.16. The van der Waals surface area contributed by atoms with Crippen molar-refractivity contribution < 1.29 is 4.74 Å². The highest BCUT2D eigenvalue weighted by Gasteiger charge is 1.98. The van der Waals surface area contributed by atoms with E-state index in [1.807, 2.05) is 25.2 Å². The first-order valence-electron chi connectivity index (χ1n) is 5.54. The molecule has 0 aromatic carbocycles. The second kappa shape index (κ2) is 5.81. The van der Waals surface area contributed by atoms with Crippen molar-refractivity contribution in [2.45, 2.75) is 6.54 Å². The Balaban J connectivity index is 1.97. The van der Waals surface area contributed by atoms with Crippen molar-refractivity contribution in [2.24, 2.45) is 0 Å². The summed E-state index contributed by atoms with van der Waals surface area (Å²) in [5.41, 5.74) is 1.06. The minimum absolute atomic E-state index is 0.609. The summed E-state index contributed by atoms with van der Waals surface area (Å²) in [7, 11) is 3.42. The van der Waals surface area contributed by atoms with Crippen LogP contribution in [0.3, 0.4) is 0 Å². The van der Waals surface area contributed by atoms with Gasteiger partial charge in [-0.15, -0.1) is 0 Å². The fourth-order valence-electron chi connectivity index (χ4n) is 1.42. The molecule has 2 rings (SSSR count). The van der Waals surface area contributed by atoms with E-state index in [4.69, 9.17) is 4.74 Å². The predicted octanol–water partition coefficient (Wildman–Crippen LogP) is 1.53. The summed E-state index contributed by atoms with van der Waals surface area (Å²) < 4.78 is 5.00. The van der Waals surface area contributed by atoms with Crippen LogP contribution in [0.2, 0.25) is 0 Å². The molecular weight excluding hydrogens is 230 g/mol. The summed E-state index contributed by atoms with van der Waals surface area (Å²) >= 11 is 0. The zero-order chi connectivity index (χ0) is 12.8. The lowest BCUT2D eigenvalue weighted by atomic mass is 10.3. The van der Waals surface area contributed by atoms with Crippen LogP contribution < -0.4 is 15.4 Å². The van der Waals surface area contributed by atoms with Crippen molar-refractivity contribution >= 4 is 11.6 Å². The Labute approximate surface area is 105 Å². The number of anilines is 2. The summed E-state index contributed by atoms with van der Waals surface area (Å²) in [4.78, 5) is 12.3. The van der Waals surface area contributed by atoms with E-state index in [0.717, 1.165) is 17.2 Å². The quantitative estimate of drug-likeness (QED) is 0.832. The van der Waals surface area contributed by atoms with Crippen LogP contribution in [0.4, 0.5) is 11.6 Å². The Kier molecular flexibility index (Phi) is 3.90. The van der Waals surface area contributed by atoms with E-state index in [-0.39, 0.29) is 0 Å². The van der Waals surface area contributed by atoms with Gasteiger partial charge in [0.1, 0.15) is 18.0 Å². The normalized spacial score (nSPS) is 9.89. The molecule has 94 valence electrons. The highest BCUT2D eigenvalue weighted by molar-refractivity contribution is 5.46. The maximum Gasteiger partial charge on any atom is 0.212 e. The zero-order valence-electron chi connectivity index (χ0n) is 10.3. The first-order valence-corrected chi connectivity index (χ1v) is 5.54. The topological polar surface area (TPSA) is 72.0 Å². The average Bonchev–Trinajstić information content (AvgIpc) is 2.46. The molecule has 0 aliphatic carbocycles. The van der Waals surface area contributed by atoms with Crippen molar-refractivity contribution in [1.29, 1.82) is 0 Å². The monoisotopic (exact) mass is 245 g/mol. The SMILES string of the molecule is CNc1cc(NCc2ccc(OC)nc2)ncn1. The third-order valence-corrected chi connectivity index (χ3v) is 2.40. The van der Waals surface area contributed by atoms with E-state index in [1.54, 1.807) is 13.3 Å². The van der Waals surface area contributed by atoms with E-state index in [2.05, 4.69) is 25.6 Å². The highest BCUT2D eigenvalue weighted by Crippen LogP contribution is 2.11. The third kappa shape index (κ3) is 3.07. The molecule has 0 amide bonds. The van der Waals surface area contributed by atoms with E-state index in [0.29, 0.717) is 12.4 Å². The Morgan fingerprint density at radius 2 is 2.00 bits per heavy atom. The lowest BCUT2D eigenvalue weighted by molar-refractivity contribution is 0.397. The zero-order valence-corrected chi connectivity index (χ0v) is 10.3. The van der Waals surface area contributed by atoms with E-state index < -0.39 is 0 Å². The van der Waals surface area contributed by atoms with Crippen molar-refractivity contribution in [3.63, 3.8) is 0 Å². The number of methoxy groups -OCH3 is 1. The van der Waals surface area contributed by atoms with Crippen LogP contribution in [0.25, 0.3) is 0 Å². The molecule has 0 aliphatic heterocycles. The Hall–Kier alpha value is -2.37. The molecule has 2 heterocycles. The minimum atomic E-state index is 0.609. The van der Waals surface area contributed by atoms with Gasteiger partial charge in [-0.25, -0.2) is 15.0 Å². The smallest absolute Gasteiger partial charge is 0.212 e. The molecule has 2 N–H and O–H groups in total. The van der Waals surface area contributed by atoms with Crippen molar-refractivity contribution in [3.05, 3.63) is 36.3 Å². The van der Waals surface area contributed by atoms with Crippen LogP contribution in [0, 0.1) is 0 Å².